The third-order valence-electron chi connectivity index (χ3n) is 4.39. The smallest absolute Gasteiger partial charge is 0.332 e. The first-order valence-electron chi connectivity index (χ1n) is 9.78. The third kappa shape index (κ3) is 7.09. The predicted octanol–water partition coefficient (Wildman–Crippen LogP) is 3.47. The number of rotatable bonds is 11. The summed E-state index contributed by atoms with van der Waals surface area (Å²) in [5, 5.41) is 11.7. The molecule has 0 saturated carbocycles. The van der Waals surface area contributed by atoms with Gasteiger partial charge in [-0.1, -0.05) is 58.7 Å². The first-order valence-corrected chi connectivity index (χ1v) is 9.78. The van der Waals surface area contributed by atoms with Crippen molar-refractivity contribution in [2.45, 2.75) is 33.1 Å². The third-order valence-corrected chi connectivity index (χ3v) is 4.39. The quantitative estimate of drug-likeness (QED) is 0.278. The Kier molecular flexibility index (Phi) is 9.34. The van der Waals surface area contributed by atoms with Gasteiger partial charge >= 0.3 is 5.97 Å². The Hall–Kier alpha value is -3.94. The van der Waals surface area contributed by atoms with Gasteiger partial charge in [0.05, 0.1) is 18.6 Å². The molecule has 0 spiro atoms. The van der Waals surface area contributed by atoms with Crippen molar-refractivity contribution in [3.05, 3.63) is 84.3 Å². The zero-order valence-corrected chi connectivity index (χ0v) is 18.9. The van der Waals surface area contributed by atoms with Crippen LogP contribution >= 0.6 is 0 Å². The molecule has 0 bridgehead atoms. The van der Waals surface area contributed by atoms with Gasteiger partial charge in [-0.3, -0.25) is 9.59 Å². The molecule has 0 atom stereocenters. The van der Waals surface area contributed by atoms with E-state index in [1.807, 2.05) is 20.8 Å². The first kappa shape index (κ1) is 26.1. The van der Waals surface area contributed by atoms with E-state index in [4.69, 9.17) is 0 Å². The average molecular weight is 439 g/mol. The number of aromatic amines is 1. The summed E-state index contributed by atoms with van der Waals surface area (Å²) < 4.78 is 0. The van der Waals surface area contributed by atoms with Gasteiger partial charge in [0.1, 0.15) is 5.70 Å². The lowest BCUT2D eigenvalue weighted by Crippen LogP contribution is -2.37. The van der Waals surface area contributed by atoms with Gasteiger partial charge in [0, 0.05) is 22.4 Å². The van der Waals surface area contributed by atoms with Crippen LogP contribution in [-0.2, 0) is 19.8 Å². The number of carbonyl (C=O) groups excluding carboxylic acids is 2. The standard InChI is InChI=1S/C24H30N4O4/c1-8-10-18(9-2)11-17(4)28(13-16(3)23(31)32)22(30)20(27-15-29)12-19-21(24(5,6)7)26-14-25-19/h8-12,14-15H,1-3,13H2,4-7H3,(H,25,26)(H,27,29)(H,31,32)/b17-11-,18-10+,20-12-. The molecule has 1 aromatic rings. The zero-order valence-electron chi connectivity index (χ0n) is 18.9. The number of hydrogen-bond donors (Lipinski definition) is 3. The number of imidazole rings is 1. The van der Waals surface area contributed by atoms with Crippen molar-refractivity contribution in [2.24, 2.45) is 0 Å². The second-order valence-corrected chi connectivity index (χ2v) is 7.93. The van der Waals surface area contributed by atoms with Crippen LogP contribution in [0.5, 0.6) is 0 Å². The van der Waals surface area contributed by atoms with Crippen LogP contribution in [0.25, 0.3) is 6.08 Å². The number of amides is 2. The number of carbonyl (C=O) groups is 3. The summed E-state index contributed by atoms with van der Waals surface area (Å²) in [6.45, 7) is 18.2. The molecule has 8 heteroatoms. The van der Waals surface area contributed by atoms with Gasteiger partial charge in [-0.25, -0.2) is 9.78 Å². The summed E-state index contributed by atoms with van der Waals surface area (Å²) in [6, 6.07) is 0. The van der Waals surface area contributed by atoms with Gasteiger partial charge in [-0.05, 0) is 24.6 Å². The zero-order chi connectivity index (χ0) is 24.5. The van der Waals surface area contributed by atoms with E-state index in [1.165, 1.54) is 17.3 Å². The van der Waals surface area contributed by atoms with Crippen molar-refractivity contribution < 1.29 is 19.5 Å². The SMILES string of the molecule is C=C/C=C(C=C)/C=C(/C)N(CC(=C)C(=O)O)C(=O)/C(=C/c1nc[nH]c1C(C)(C)C)NC=O. The van der Waals surface area contributed by atoms with E-state index < -0.39 is 11.9 Å². The number of carboxylic acid groups (broad SMARTS) is 1. The van der Waals surface area contributed by atoms with E-state index in [1.54, 1.807) is 31.2 Å². The molecule has 0 aliphatic carbocycles. The Labute approximate surface area is 188 Å². The van der Waals surface area contributed by atoms with Gasteiger partial charge in [0.2, 0.25) is 6.41 Å². The normalized spacial score (nSPS) is 12.7. The van der Waals surface area contributed by atoms with Gasteiger partial charge in [0.15, 0.2) is 0 Å². The van der Waals surface area contributed by atoms with E-state index >= 15 is 0 Å². The van der Waals surface area contributed by atoms with Gasteiger partial charge in [0.25, 0.3) is 5.91 Å². The van der Waals surface area contributed by atoms with Crippen LogP contribution in [0.3, 0.4) is 0 Å². The summed E-state index contributed by atoms with van der Waals surface area (Å²) >= 11 is 0. The fraction of sp³-hybridized carbons (Fsp3) is 0.250. The largest absolute Gasteiger partial charge is 0.478 e. The highest BCUT2D eigenvalue weighted by atomic mass is 16.4. The lowest BCUT2D eigenvalue weighted by atomic mass is 9.90. The second kappa shape index (κ2) is 11.5. The van der Waals surface area contributed by atoms with Crippen molar-refractivity contribution in [2.75, 3.05) is 6.54 Å². The Bertz CT molecular complexity index is 1000. The molecule has 1 heterocycles. The topological polar surface area (TPSA) is 115 Å². The summed E-state index contributed by atoms with van der Waals surface area (Å²) in [5.41, 5.74) is 1.77. The van der Waals surface area contributed by atoms with Crippen molar-refractivity contribution in [3.8, 4) is 0 Å². The van der Waals surface area contributed by atoms with Gasteiger partial charge in [-0.2, -0.15) is 0 Å². The second-order valence-electron chi connectivity index (χ2n) is 7.93. The Morgan fingerprint density at radius 3 is 2.47 bits per heavy atom. The number of aromatic nitrogens is 2. The number of allylic oxidation sites excluding steroid dienone is 6. The molecule has 0 unspecified atom stereocenters. The fourth-order valence-corrected chi connectivity index (χ4v) is 2.77. The first-order chi connectivity index (χ1) is 15.0. The molecule has 32 heavy (non-hydrogen) atoms. The fourth-order valence-electron chi connectivity index (χ4n) is 2.77. The van der Waals surface area contributed by atoms with Crippen LogP contribution in [0.2, 0.25) is 0 Å². The highest BCUT2D eigenvalue weighted by Gasteiger charge is 2.25. The maximum absolute atomic E-state index is 13.4. The lowest BCUT2D eigenvalue weighted by Gasteiger charge is -2.25. The van der Waals surface area contributed by atoms with Crippen LogP contribution in [0, 0.1) is 0 Å². The minimum Gasteiger partial charge on any atom is -0.478 e. The van der Waals surface area contributed by atoms with Crippen molar-refractivity contribution in [3.63, 3.8) is 0 Å². The van der Waals surface area contributed by atoms with E-state index in [0.29, 0.717) is 23.4 Å². The highest BCUT2D eigenvalue weighted by molar-refractivity contribution is 6.00. The molecule has 0 fully saturated rings. The lowest BCUT2D eigenvalue weighted by molar-refractivity contribution is -0.133. The minimum absolute atomic E-state index is 0.0728. The van der Waals surface area contributed by atoms with Crippen molar-refractivity contribution in [1.82, 2.24) is 20.2 Å². The van der Waals surface area contributed by atoms with Gasteiger partial charge < -0.3 is 20.3 Å². The molecular formula is C24H30N4O4. The minimum atomic E-state index is -1.24. The molecule has 1 rings (SSSR count). The van der Waals surface area contributed by atoms with Crippen molar-refractivity contribution in [1.29, 1.82) is 0 Å². The monoisotopic (exact) mass is 438 g/mol. The molecule has 2 amide bonds. The van der Waals surface area contributed by atoms with Crippen LogP contribution in [0.1, 0.15) is 39.1 Å². The summed E-state index contributed by atoms with van der Waals surface area (Å²) in [6.07, 6.45) is 9.80. The Morgan fingerprint density at radius 1 is 1.31 bits per heavy atom. The van der Waals surface area contributed by atoms with Crippen LogP contribution in [-0.4, -0.2) is 44.8 Å². The Balaban J connectivity index is 3.56. The number of carboxylic acids is 1. The predicted molar refractivity (Wildman–Crippen MR) is 125 cm³/mol. The van der Waals surface area contributed by atoms with Crippen molar-refractivity contribution >= 4 is 24.4 Å². The summed E-state index contributed by atoms with van der Waals surface area (Å²) in [5.74, 6) is -1.87. The summed E-state index contributed by atoms with van der Waals surface area (Å²) in [7, 11) is 0. The highest BCUT2D eigenvalue weighted by Crippen LogP contribution is 2.24. The molecule has 8 nitrogen and oxygen atoms in total. The van der Waals surface area contributed by atoms with Crippen LogP contribution in [0.15, 0.2) is 72.9 Å². The molecule has 0 aromatic carbocycles. The molecule has 170 valence electrons. The average Bonchev–Trinajstić information content (AvgIpc) is 3.19. The Morgan fingerprint density at radius 2 is 1.97 bits per heavy atom. The van der Waals surface area contributed by atoms with E-state index in [0.717, 1.165) is 5.69 Å². The molecule has 3 N–H and O–H groups in total. The molecule has 0 radical (unpaired) electrons. The van der Waals surface area contributed by atoms with Gasteiger partial charge in [-0.15, -0.1) is 0 Å². The molecule has 0 aliphatic rings. The molecule has 0 aliphatic heterocycles. The van der Waals surface area contributed by atoms with Crippen LogP contribution in [0.4, 0.5) is 0 Å². The van der Waals surface area contributed by atoms with E-state index in [-0.39, 0.29) is 23.2 Å². The molecule has 0 saturated heterocycles. The van der Waals surface area contributed by atoms with Crippen LogP contribution < -0.4 is 5.32 Å². The van der Waals surface area contributed by atoms with E-state index in [2.05, 4.69) is 35.0 Å². The number of aliphatic carboxylic acids is 1. The number of hydrogen-bond acceptors (Lipinski definition) is 4. The number of nitrogens with one attached hydrogen (secondary N) is 2. The summed E-state index contributed by atoms with van der Waals surface area (Å²) in [4.78, 5) is 44.5. The maximum atomic E-state index is 13.4. The molecular weight excluding hydrogens is 408 g/mol. The number of H-pyrrole nitrogens is 1. The maximum Gasteiger partial charge on any atom is 0.332 e. The number of nitrogens with zero attached hydrogens (tertiary/aromatic N) is 2. The molecule has 1 aromatic heterocycles. The van der Waals surface area contributed by atoms with E-state index in [9.17, 15) is 19.5 Å².